The molecule has 1 aromatic heterocycles. The summed E-state index contributed by atoms with van der Waals surface area (Å²) in [5.41, 5.74) is 7.95. The van der Waals surface area contributed by atoms with Crippen LogP contribution in [0.2, 0.25) is 0 Å². The Hall–Kier alpha value is -2.04. The molecule has 0 radical (unpaired) electrons. The van der Waals surface area contributed by atoms with Crippen molar-refractivity contribution < 1.29 is 0 Å². The van der Waals surface area contributed by atoms with Crippen LogP contribution in [0.3, 0.4) is 0 Å². The average Bonchev–Trinajstić information content (AvgIpc) is 2.68. The molecule has 0 aliphatic carbocycles. The van der Waals surface area contributed by atoms with E-state index < -0.39 is 0 Å². The highest BCUT2D eigenvalue weighted by molar-refractivity contribution is 5.34. The standard InChI is InChI=1S/C11H15N5/c1-8-3-5-9(6-4-8)7-16(2)11-13-10(12)14-15-11/h3-6H,7H2,1-2H3,(H3,12,13,14,15). The zero-order valence-electron chi connectivity index (χ0n) is 9.44. The molecule has 0 spiro atoms. The fraction of sp³-hybridized carbons (Fsp3) is 0.273. The van der Waals surface area contributed by atoms with Gasteiger partial charge in [0.2, 0.25) is 11.9 Å². The summed E-state index contributed by atoms with van der Waals surface area (Å²) in [4.78, 5) is 6.00. The van der Waals surface area contributed by atoms with Gasteiger partial charge in [0.1, 0.15) is 0 Å². The van der Waals surface area contributed by atoms with Gasteiger partial charge >= 0.3 is 0 Å². The van der Waals surface area contributed by atoms with E-state index in [9.17, 15) is 0 Å². The number of nitrogens with zero attached hydrogens (tertiary/aromatic N) is 3. The fourth-order valence-corrected chi connectivity index (χ4v) is 1.47. The molecule has 5 heteroatoms. The van der Waals surface area contributed by atoms with Crippen LogP contribution in [0, 0.1) is 6.92 Å². The number of hydrogen-bond donors (Lipinski definition) is 2. The van der Waals surface area contributed by atoms with Crippen LogP contribution >= 0.6 is 0 Å². The average molecular weight is 217 g/mol. The Bertz CT molecular complexity index is 459. The lowest BCUT2D eigenvalue weighted by Gasteiger charge is -2.14. The molecule has 0 aliphatic heterocycles. The van der Waals surface area contributed by atoms with Gasteiger partial charge in [-0.05, 0) is 12.5 Å². The summed E-state index contributed by atoms with van der Waals surface area (Å²) < 4.78 is 0. The number of hydrogen-bond acceptors (Lipinski definition) is 4. The molecule has 0 aliphatic rings. The van der Waals surface area contributed by atoms with Crippen molar-refractivity contribution in [3.05, 3.63) is 35.4 Å². The molecule has 16 heavy (non-hydrogen) atoms. The van der Waals surface area contributed by atoms with Gasteiger partial charge in [-0.15, -0.1) is 5.10 Å². The van der Waals surface area contributed by atoms with E-state index in [1.165, 1.54) is 11.1 Å². The second-order valence-electron chi connectivity index (χ2n) is 3.86. The summed E-state index contributed by atoms with van der Waals surface area (Å²) in [7, 11) is 1.93. The van der Waals surface area contributed by atoms with E-state index in [1.807, 2.05) is 11.9 Å². The lowest BCUT2D eigenvalue weighted by molar-refractivity contribution is 0.870. The zero-order valence-corrected chi connectivity index (χ0v) is 9.44. The van der Waals surface area contributed by atoms with Crippen LogP contribution < -0.4 is 10.6 Å². The first-order valence-corrected chi connectivity index (χ1v) is 5.10. The maximum absolute atomic E-state index is 5.47. The number of rotatable bonds is 3. The van der Waals surface area contributed by atoms with E-state index in [0.717, 1.165) is 6.54 Å². The van der Waals surface area contributed by atoms with Crippen molar-refractivity contribution in [3.63, 3.8) is 0 Å². The van der Waals surface area contributed by atoms with Gasteiger partial charge in [0.25, 0.3) is 0 Å². The molecule has 3 N–H and O–H groups in total. The summed E-state index contributed by atoms with van der Waals surface area (Å²) in [6, 6.07) is 8.38. The van der Waals surface area contributed by atoms with Gasteiger partial charge in [0.15, 0.2) is 0 Å². The van der Waals surface area contributed by atoms with Crippen LogP contribution in [-0.4, -0.2) is 22.2 Å². The molecule has 5 nitrogen and oxygen atoms in total. The van der Waals surface area contributed by atoms with Crippen LogP contribution in [0.25, 0.3) is 0 Å². The molecular formula is C11H15N5. The molecule has 0 unspecified atom stereocenters. The van der Waals surface area contributed by atoms with Gasteiger partial charge in [0, 0.05) is 13.6 Å². The van der Waals surface area contributed by atoms with Crippen molar-refractivity contribution in [2.45, 2.75) is 13.5 Å². The number of aromatic amines is 1. The zero-order chi connectivity index (χ0) is 11.5. The molecule has 1 heterocycles. The Kier molecular flexibility index (Phi) is 2.76. The summed E-state index contributed by atoms with van der Waals surface area (Å²) in [5, 5.41) is 6.61. The molecule has 0 bridgehead atoms. The highest BCUT2D eigenvalue weighted by atomic mass is 15.4. The lowest BCUT2D eigenvalue weighted by atomic mass is 10.1. The molecule has 0 amide bonds. The Morgan fingerprint density at radius 2 is 2.00 bits per heavy atom. The highest BCUT2D eigenvalue weighted by Crippen LogP contribution is 2.11. The van der Waals surface area contributed by atoms with Crippen LogP contribution in [0.1, 0.15) is 11.1 Å². The summed E-state index contributed by atoms with van der Waals surface area (Å²) in [6.45, 7) is 2.83. The van der Waals surface area contributed by atoms with Gasteiger partial charge in [-0.2, -0.15) is 4.98 Å². The minimum atomic E-state index is 0.339. The first kappa shape index (κ1) is 10.5. The second-order valence-corrected chi connectivity index (χ2v) is 3.86. The SMILES string of the molecule is Cc1ccc(CN(C)c2n[nH]c(N)n2)cc1. The third kappa shape index (κ3) is 2.31. The second kappa shape index (κ2) is 4.22. The van der Waals surface area contributed by atoms with Crippen molar-refractivity contribution in [2.75, 3.05) is 17.7 Å². The predicted molar refractivity (Wildman–Crippen MR) is 64.1 cm³/mol. The molecule has 2 aromatic rings. The van der Waals surface area contributed by atoms with Crippen molar-refractivity contribution >= 4 is 11.9 Å². The minimum Gasteiger partial charge on any atom is -0.368 e. The van der Waals surface area contributed by atoms with Crippen molar-refractivity contribution in [1.29, 1.82) is 0 Å². The minimum absolute atomic E-state index is 0.339. The van der Waals surface area contributed by atoms with Crippen molar-refractivity contribution in [3.8, 4) is 0 Å². The summed E-state index contributed by atoms with van der Waals surface area (Å²) in [5.74, 6) is 0.948. The lowest BCUT2D eigenvalue weighted by Crippen LogP contribution is -2.17. The predicted octanol–water partition coefficient (Wildman–Crippen LogP) is 1.33. The van der Waals surface area contributed by atoms with Crippen molar-refractivity contribution in [2.24, 2.45) is 0 Å². The number of anilines is 2. The quantitative estimate of drug-likeness (QED) is 0.813. The van der Waals surface area contributed by atoms with E-state index in [0.29, 0.717) is 11.9 Å². The van der Waals surface area contributed by atoms with Gasteiger partial charge in [-0.3, -0.25) is 0 Å². The third-order valence-corrected chi connectivity index (χ3v) is 2.37. The number of nitrogen functional groups attached to an aromatic ring is 1. The highest BCUT2D eigenvalue weighted by Gasteiger charge is 2.06. The number of benzene rings is 1. The first-order valence-electron chi connectivity index (χ1n) is 5.10. The molecule has 0 atom stereocenters. The smallest absolute Gasteiger partial charge is 0.246 e. The molecular weight excluding hydrogens is 202 g/mol. The monoisotopic (exact) mass is 217 g/mol. The summed E-state index contributed by atoms with van der Waals surface area (Å²) in [6.07, 6.45) is 0. The first-order chi connectivity index (χ1) is 7.65. The van der Waals surface area contributed by atoms with E-state index in [4.69, 9.17) is 5.73 Å². The van der Waals surface area contributed by atoms with Crippen LogP contribution in [0.4, 0.5) is 11.9 Å². The number of nitrogens with two attached hydrogens (primary N) is 1. The Morgan fingerprint density at radius 1 is 1.31 bits per heavy atom. The molecule has 1 aromatic carbocycles. The van der Waals surface area contributed by atoms with Crippen LogP contribution in [0.15, 0.2) is 24.3 Å². The number of nitrogens with one attached hydrogen (secondary N) is 1. The Labute approximate surface area is 94.3 Å². The fourth-order valence-electron chi connectivity index (χ4n) is 1.47. The number of aromatic nitrogens is 3. The van der Waals surface area contributed by atoms with E-state index in [2.05, 4.69) is 46.4 Å². The van der Waals surface area contributed by atoms with Gasteiger partial charge in [0.05, 0.1) is 0 Å². The van der Waals surface area contributed by atoms with Crippen molar-refractivity contribution in [1.82, 2.24) is 15.2 Å². The van der Waals surface area contributed by atoms with E-state index in [-0.39, 0.29) is 0 Å². The number of aryl methyl sites for hydroxylation is 1. The maximum Gasteiger partial charge on any atom is 0.246 e. The topological polar surface area (TPSA) is 70.8 Å². The molecule has 0 saturated carbocycles. The van der Waals surface area contributed by atoms with Crippen LogP contribution in [0.5, 0.6) is 0 Å². The normalized spacial score (nSPS) is 10.4. The van der Waals surface area contributed by atoms with Crippen LogP contribution in [-0.2, 0) is 6.54 Å². The van der Waals surface area contributed by atoms with E-state index in [1.54, 1.807) is 0 Å². The largest absolute Gasteiger partial charge is 0.368 e. The molecule has 2 rings (SSSR count). The number of H-pyrrole nitrogens is 1. The van der Waals surface area contributed by atoms with E-state index >= 15 is 0 Å². The third-order valence-electron chi connectivity index (χ3n) is 2.37. The Balaban J connectivity index is 2.07. The van der Waals surface area contributed by atoms with Gasteiger partial charge in [-0.25, -0.2) is 5.10 Å². The maximum atomic E-state index is 5.47. The van der Waals surface area contributed by atoms with Gasteiger partial charge < -0.3 is 10.6 Å². The molecule has 84 valence electrons. The Morgan fingerprint density at radius 3 is 2.56 bits per heavy atom. The van der Waals surface area contributed by atoms with Gasteiger partial charge in [-0.1, -0.05) is 29.8 Å². The molecule has 0 fully saturated rings. The summed E-state index contributed by atoms with van der Waals surface area (Å²) >= 11 is 0. The molecule has 0 saturated heterocycles.